The van der Waals surface area contributed by atoms with Crippen molar-refractivity contribution in [3.8, 4) is 0 Å². The number of hydrogen-bond donors (Lipinski definition) is 1. The van der Waals surface area contributed by atoms with E-state index in [0.717, 1.165) is 22.4 Å². The van der Waals surface area contributed by atoms with Crippen LogP contribution in [0, 0.1) is 0 Å². The van der Waals surface area contributed by atoms with Gasteiger partial charge >= 0.3 is 0 Å². The molecule has 0 bridgehead atoms. The van der Waals surface area contributed by atoms with Crippen LogP contribution in [0.4, 0.5) is 5.82 Å². The van der Waals surface area contributed by atoms with Crippen molar-refractivity contribution in [2.24, 2.45) is 0 Å². The molecule has 0 saturated carbocycles. The Morgan fingerprint density at radius 1 is 0.810 bits per heavy atom. The summed E-state index contributed by atoms with van der Waals surface area (Å²) in [6, 6.07) is 34.0. The first-order valence-electron chi connectivity index (χ1n) is 14.0. The molecule has 5 aromatic rings. The van der Waals surface area contributed by atoms with Crippen LogP contribution in [0.2, 0.25) is 0 Å². The minimum absolute atomic E-state index is 0.287. The van der Waals surface area contributed by atoms with E-state index in [1.54, 1.807) is 10.6 Å². The number of hydrogen-bond acceptors (Lipinski definition) is 7. The van der Waals surface area contributed by atoms with Crippen LogP contribution in [0.3, 0.4) is 0 Å². The Labute approximate surface area is 245 Å². The van der Waals surface area contributed by atoms with Crippen LogP contribution in [-0.2, 0) is 44.4 Å². The maximum Gasteiger partial charge on any atom is 0.157 e. The summed E-state index contributed by atoms with van der Waals surface area (Å²) in [7, 11) is 0. The molecule has 8 nitrogen and oxygen atoms in total. The summed E-state index contributed by atoms with van der Waals surface area (Å²) in [6.07, 6.45) is 1.66. The molecule has 1 aliphatic heterocycles. The molecule has 4 atom stereocenters. The van der Waals surface area contributed by atoms with Crippen molar-refractivity contribution in [2.45, 2.75) is 43.7 Å². The first kappa shape index (κ1) is 27.8. The monoisotopic (exact) mass is 562 g/mol. The van der Waals surface area contributed by atoms with Gasteiger partial charge in [0.05, 0.1) is 32.1 Å². The van der Waals surface area contributed by atoms with Gasteiger partial charge in [-0.05, 0) is 28.8 Å². The minimum atomic E-state index is -1.12. The first-order valence-corrected chi connectivity index (χ1v) is 14.0. The number of benzene rings is 3. The minimum Gasteiger partial charge on any atom is -0.382 e. The lowest BCUT2D eigenvalue weighted by atomic mass is 9.90. The molecule has 1 aliphatic rings. The van der Waals surface area contributed by atoms with E-state index in [4.69, 9.17) is 24.7 Å². The molecule has 3 aromatic carbocycles. The highest BCUT2D eigenvalue weighted by Gasteiger charge is 2.57. The van der Waals surface area contributed by atoms with Gasteiger partial charge in [-0.1, -0.05) is 104 Å². The van der Waals surface area contributed by atoms with Gasteiger partial charge in [0, 0.05) is 0 Å². The third-order valence-corrected chi connectivity index (χ3v) is 7.57. The highest BCUT2D eigenvalue weighted by Crippen LogP contribution is 2.45. The van der Waals surface area contributed by atoms with Crippen molar-refractivity contribution in [1.29, 1.82) is 0 Å². The molecule has 0 spiro atoms. The maximum absolute atomic E-state index is 6.92. The quantitative estimate of drug-likeness (QED) is 0.201. The van der Waals surface area contributed by atoms with E-state index in [0.29, 0.717) is 31.2 Å². The summed E-state index contributed by atoms with van der Waals surface area (Å²) >= 11 is 0. The van der Waals surface area contributed by atoms with Crippen LogP contribution in [-0.4, -0.2) is 39.5 Å². The zero-order valence-corrected chi connectivity index (χ0v) is 23.3. The van der Waals surface area contributed by atoms with Crippen molar-refractivity contribution in [1.82, 2.24) is 14.6 Å². The lowest BCUT2D eigenvalue weighted by molar-refractivity contribution is -0.101. The zero-order valence-electron chi connectivity index (χ0n) is 23.3. The van der Waals surface area contributed by atoms with E-state index < -0.39 is 23.9 Å². The van der Waals surface area contributed by atoms with Gasteiger partial charge in [0.1, 0.15) is 30.2 Å². The SMILES string of the molecule is C=C[C@@]1(c2ccc3c(N)ncnn23)O[C@H](COCc2ccccc2)[C@@H](OCc2ccccc2)[C@H]1OCc1ccccc1. The molecular weight excluding hydrogens is 528 g/mol. The van der Waals surface area contributed by atoms with Gasteiger partial charge in [0.25, 0.3) is 0 Å². The molecule has 1 saturated heterocycles. The Kier molecular flexibility index (Phi) is 8.39. The van der Waals surface area contributed by atoms with Crippen molar-refractivity contribution < 1.29 is 18.9 Å². The number of fused-ring (bicyclic) bond motifs is 1. The third-order valence-electron chi connectivity index (χ3n) is 7.57. The zero-order chi connectivity index (χ0) is 28.8. The topological polar surface area (TPSA) is 93.1 Å². The summed E-state index contributed by atoms with van der Waals surface area (Å²) in [5.74, 6) is 0.370. The van der Waals surface area contributed by atoms with E-state index in [1.807, 2.05) is 103 Å². The summed E-state index contributed by atoms with van der Waals surface area (Å²) in [6.45, 7) is 5.70. The van der Waals surface area contributed by atoms with Crippen molar-refractivity contribution >= 4 is 11.3 Å². The van der Waals surface area contributed by atoms with E-state index in [-0.39, 0.29) is 6.61 Å². The van der Waals surface area contributed by atoms with Gasteiger partial charge in [0.15, 0.2) is 11.4 Å². The average Bonchev–Trinajstić information content (AvgIpc) is 3.61. The van der Waals surface area contributed by atoms with Gasteiger partial charge in [-0.25, -0.2) is 9.50 Å². The van der Waals surface area contributed by atoms with Crippen LogP contribution in [0.1, 0.15) is 22.4 Å². The molecule has 0 unspecified atom stereocenters. The predicted octanol–water partition coefficient (Wildman–Crippen LogP) is 5.48. The molecule has 42 heavy (non-hydrogen) atoms. The highest BCUT2D eigenvalue weighted by atomic mass is 16.6. The van der Waals surface area contributed by atoms with E-state index in [2.05, 4.69) is 16.7 Å². The van der Waals surface area contributed by atoms with Crippen LogP contribution >= 0.6 is 0 Å². The number of anilines is 1. The molecule has 3 heterocycles. The summed E-state index contributed by atoms with van der Waals surface area (Å²) < 4.78 is 28.2. The maximum atomic E-state index is 6.92. The second kappa shape index (κ2) is 12.7. The Morgan fingerprint density at radius 2 is 1.40 bits per heavy atom. The predicted molar refractivity (Wildman–Crippen MR) is 160 cm³/mol. The Bertz CT molecular complexity index is 1600. The molecule has 0 radical (unpaired) electrons. The van der Waals surface area contributed by atoms with Gasteiger partial charge in [0.2, 0.25) is 0 Å². The summed E-state index contributed by atoms with van der Waals surface area (Å²) in [5, 5.41) is 4.51. The first-order chi connectivity index (χ1) is 20.7. The molecule has 0 aliphatic carbocycles. The molecule has 2 aromatic heterocycles. The standard InChI is InChI=1S/C34H34N4O4/c1-2-34(30-19-18-28-33(35)36-24-37-38(28)30)32(41-22-27-16-10-5-11-17-27)31(40-21-26-14-8-4-9-15-26)29(42-34)23-39-20-25-12-6-3-7-13-25/h2-19,24,29,31-32H,1,20-23H2,(H2,35,36,37)/t29-,31-,32-,34+/m1/s1. The summed E-state index contributed by atoms with van der Waals surface area (Å²) in [4.78, 5) is 4.16. The highest BCUT2D eigenvalue weighted by molar-refractivity contribution is 5.66. The molecule has 2 N–H and O–H groups in total. The average molecular weight is 563 g/mol. The largest absolute Gasteiger partial charge is 0.382 e. The number of nitrogens with zero attached hydrogens (tertiary/aromatic N) is 3. The second-order valence-electron chi connectivity index (χ2n) is 10.3. The fourth-order valence-corrected chi connectivity index (χ4v) is 5.48. The lowest BCUT2D eigenvalue weighted by Crippen LogP contribution is -2.44. The molecule has 8 heteroatoms. The van der Waals surface area contributed by atoms with Gasteiger partial charge in [-0.15, -0.1) is 0 Å². The third kappa shape index (κ3) is 5.70. The Hall–Kier alpha value is -4.34. The molecule has 0 amide bonds. The van der Waals surface area contributed by atoms with Crippen LogP contribution in [0.25, 0.3) is 5.52 Å². The van der Waals surface area contributed by atoms with Crippen LogP contribution in [0.15, 0.2) is 122 Å². The number of nitrogens with two attached hydrogens (primary N) is 1. The van der Waals surface area contributed by atoms with Gasteiger partial charge < -0.3 is 24.7 Å². The summed E-state index contributed by atoms with van der Waals surface area (Å²) in [5.41, 5.74) is 9.63. The Morgan fingerprint density at radius 3 is 2.02 bits per heavy atom. The fourth-order valence-electron chi connectivity index (χ4n) is 5.48. The smallest absolute Gasteiger partial charge is 0.157 e. The van der Waals surface area contributed by atoms with Gasteiger partial charge in [-0.3, -0.25) is 0 Å². The van der Waals surface area contributed by atoms with Crippen molar-refractivity contribution in [3.63, 3.8) is 0 Å². The number of aromatic nitrogens is 3. The van der Waals surface area contributed by atoms with Gasteiger partial charge in [-0.2, -0.15) is 5.10 Å². The van der Waals surface area contributed by atoms with E-state index in [1.165, 1.54) is 6.33 Å². The molecule has 1 fully saturated rings. The van der Waals surface area contributed by atoms with Crippen LogP contribution < -0.4 is 5.73 Å². The van der Waals surface area contributed by atoms with Crippen molar-refractivity contribution in [3.05, 3.63) is 144 Å². The molecule has 214 valence electrons. The van der Waals surface area contributed by atoms with Crippen molar-refractivity contribution in [2.75, 3.05) is 12.3 Å². The normalized spacial score (nSPS) is 22.0. The van der Waals surface area contributed by atoms with E-state index >= 15 is 0 Å². The fraction of sp³-hybridized carbons (Fsp3) is 0.235. The number of ether oxygens (including phenoxy) is 4. The van der Waals surface area contributed by atoms with Crippen LogP contribution in [0.5, 0.6) is 0 Å². The number of nitrogen functional groups attached to an aromatic ring is 1. The lowest BCUT2D eigenvalue weighted by Gasteiger charge is -2.32. The Balaban J connectivity index is 1.37. The number of rotatable bonds is 12. The molecular formula is C34H34N4O4. The molecule has 6 rings (SSSR count). The second-order valence-corrected chi connectivity index (χ2v) is 10.3. The van der Waals surface area contributed by atoms with E-state index in [9.17, 15) is 0 Å².